The van der Waals surface area contributed by atoms with Crippen molar-refractivity contribution in [3.63, 3.8) is 0 Å². The fraction of sp³-hybridized carbons (Fsp3) is 1.00. The molecule has 2 unspecified atom stereocenters. The molecule has 0 aliphatic carbocycles. The van der Waals surface area contributed by atoms with Crippen molar-refractivity contribution < 1.29 is 0 Å². The third-order valence-corrected chi connectivity index (χ3v) is 3.73. The molecule has 0 rings (SSSR count). The Morgan fingerprint density at radius 2 is 1.63 bits per heavy atom. The van der Waals surface area contributed by atoms with E-state index in [-0.39, 0.29) is 0 Å². The molecule has 0 aliphatic heterocycles. The molecular formula is C16H37N3. The molecule has 0 saturated carbocycles. The van der Waals surface area contributed by atoms with Crippen molar-refractivity contribution in [3.05, 3.63) is 0 Å². The molecule has 0 aromatic rings. The summed E-state index contributed by atoms with van der Waals surface area (Å²) in [7, 11) is 4.30. The zero-order valence-electron chi connectivity index (χ0n) is 14.4. The molecule has 0 fully saturated rings. The monoisotopic (exact) mass is 271 g/mol. The lowest BCUT2D eigenvalue weighted by Crippen LogP contribution is -2.44. The predicted molar refractivity (Wildman–Crippen MR) is 86.8 cm³/mol. The van der Waals surface area contributed by atoms with Gasteiger partial charge in [-0.2, -0.15) is 0 Å². The van der Waals surface area contributed by atoms with Gasteiger partial charge in [-0.05, 0) is 53.2 Å². The number of rotatable bonds is 11. The molecule has 0 radical (unpaired) electrons. The van der Waals surface area contributed by atoms with Crippen LogP contribution in [0, 0.1) is 5.92 Å². The Hall–Kier alpha value is -0.120. The van der Waals surface area contributed by atoms with Crippen LogP contribution in [0.25, 0.3) is 0 Å². The van der Waals surface area contributed by atoms with Crippen molar-refractivity contribution in [1.29, 1.82) is 0 Å². The van der Waals surface area contributed by atoms with Crippen molar-refractivity contribution in [1.82, 2.24) is 15.1 Å². The minimum Gasteiger partial charge on any atom is -0.313 e. The summed E-state index contributed by atoms with van der Waals surface area (Å²) in [5.41, 5.74) is 0. The lowest BCUT2D eigenvalue weighted by atomic mass is 10.0. The molecule has 0 heterocycles. The van der Waals surface area contributed by atoms with E-state index in [1.807, 2.05) is 0 Å². The highest BCUT2D eigenvalue weighted by Crippen LogP contribution is 2.06. The van der Waals surface area contributed by atoms with E-state index < -0.39 is 0 Å². The van der Waals surface area contributed by atoms with E-state index in [9.17, 15) is 0 Å². The second-order valence-electron chi connectivity index (χ2n) is 6.57. The highest BCUT2D eigenvalue weighted by Gasteiger charge is 2.12. The van der Waals surface area contributed by atoms with Gasteiger partial charge in [0.15, 0.2) is 0 Å². The van der Waals surface area contributed by atoms with Gasteiger partial charge in [-0.15, -0.1) is 0 Å². The maximum absolute atomic E-state index is 3.66. The van der Waals surface area contributed by atoms with Crippen LogP contribution >= 0.6 is 0 Å². The Kier molecular flexibility index (Phi) is 10.6. The zero-order chi connectivity index (χ0) is 14.8. The third kappa shape index (κ3) is 10.3. The molecule has 0 amide bonds. The summed E-state index contributed by atoms with van der Waals surface area (Å²) in [6.45, 7) is 16.0. The molecule has 3 nitrogen and oxygen atoms in total. The Labute approximate surface area is 121 Å². The number of hydrogen-bond donors (Lipinski definition) is 1. The van der Waals surface area contributed by atoms with Gasteiger partial charge in [0, 0.05) is 31.7 Å². The summed E-state index contributed by atoms with van der Waals surface area (Å²) in [6.07, 6.45) is 2.61. The highest BCUT2D eigenvalue weighted by molar-refractivity contribution is 4.70. The van der Waals surface area contributed by atoms with E-state index in [2.05, 4.69) is 63.8 Å². The average Bonchev–Trinajstić information content (AvgIpc) is 2.31. The first-order valence-corrected chi connectivity index (χ1v) is 7.98. The van der Waals surface area contributed by atoms with Crippen LogP contribution in [0.4, 0.5) is 0 Å². The highest BCUT2D eigenvalue weighted by atomic mass is 15.2. The van der Waals surface area contributed by atoms with Crippen molar-refractivity contribution in [2.45, 2.75) is 59.5 Å². The number of nitrogens with one attached hydrogen (secondary N) is 1. The summed E-state index contributed by atoms with van der Waals surface area (Å²) in [5.74, 6) is 0.816. The predicted octanol–water partition coefficient (Wildman–Crippen LogP) is 2.67. The van der Waals surface area contributed by atoms with Gasteiger partial charge in [0.05, 0.1) is 0 Å². The molecule has 0 aromatic carbocycles. The maximum atomic E-state index is 3.66. The van der Waals surface area contributed by atoms with E-state index in [0.717, 1.165) is 32.1 Å². The molecule has 19 heavy (non-hydrogen) atoms. The minimum atomic E-state index is 0.632. The van der Waals surface area contributed by atoms with Crippen LogP contribution in [0.3, 0.4) is 0 Å². The van der Waals surface area contributed by atoms with Crippen molar-refractivity contribution in [3.8, 4) is 0 Å². The van der Waals surface area contributed by atoms with Gasteiger partial charge < -0.3 is 10.2 Å². The number of hydrogen-bond acceptors (Lipinski definition) is 3. The van der Waals surface area contributed by atoms with Gasteiger partial charge in [0.25, 0.3) is 0 Å². The van der Waals surface area contributed by atoms with E-state index >= 15 is 0 Å². The molecule has 0 saturated heterocycles. The van der Waals surface area contributed by atoms with Gasteiger partial charge in [0.1, 0.15) is 0 Å². The topological polar surface area (TPSA) is 18.5 Å². The van der Waals surface area contributed by atoms with Gasteiger partial charge in [-0.1, -0.05) is 20.8 Å². The minimum absolute atomic E-state index is 0.632. The third-order valence-electron chi connectivity index (χ3n) is 3.73. The van der Waals surface area contributed by atoms with Gasteiger partial charge in [-0.3, -0.25) is 4.90 Å². The van der Waals surface area contributed by atoms with Crippen LogP contribution < -0.4 is 5.32 Å². The van der Waals surface area contributed by atoms with Crippen molar-refractivity contribution in [2.24, 2.45) is 5.92 Å². The fourth-order valence-corrected chi connectivity index (χ4v) is 2.47. The first-order valence-electron chi connectivity index (χ1n) is 7.98. The van der Waals surface area contributed by atoms with Crippen molar-refractivity contribution in [2.75, 3.05) is 40.3 Å². The van der Waals surface area contributed by atoms with E-state index in [4.69, 9.17) is 0 Å². The zero-order valence-corrected chi connectivity index (χ0v) is 14.4. The summed E-state index contributed by atoms with van der Waals surface area (Å²) in [6, 6.07) is 1.28. The Morgan fingerprint density at radius 3 is 2.11 bits per heavy atom. The number of likely N-dealkylation sites (N-methyl/N-ethyl adjacent to an activating group) is 2. The molecule has 3 heteroatoms. The first kappa shape index (κ1) is 18.9. The molecule has 0 aliphatic rings. The summed E-state index contributed by atoms with van der Waals surface area (Å²) < 4.78 is 0. The first-order chi connectivity index (χ1) is 8.86. The van der Waals surface area contributed by atoms with E-state index in [1.165, 1.54) is 12.8 Å². The van der Waals surface area contributed by atoms with Gasteiger partial charge >= 0.3 is 0 Å². The Morgan fingerprint density at radius 1 is 1.00 bits per heavy atom. The summed E-state index contributed by atoms with van der Waals surface area (Å²) in [5, 5.41) is 3.66. The van der Waals surface area contributed by atoms with E-state index in [1.54, 1.807) is 0 Å². The largest absolute Gasteiger partial charge is 0.313 e. The molecule has 2 atom stereocenters. The average molecular weight is 271 g/mol. The van der Waals surface area contributed by atoms with Crippen LogP contribution in [0.2, 0.25) is 0 Å². The van der Waals surface area contributed by atoms with Crippen LogP contribution in [-0.4, -0.2) is 62.2 Å². The normalized spacial score (nSPS) is 15.5. The standard InChI is InChI=1S/C16H37N3/c1-8-19(16(5)13-18(6)7)12-11-17-15(4)10-9-14(2)3/h14-17H,8-13H2,1-7H3. The van der Waals surface area contributed by atoms with Gasteiger partial charge in [0.2, 0.25) is 0 Å². The quantitative estimate of drug-likeness (QED) is 0.623. The fourth-order valence-electron chi connectivity index (χ4n) is 2.47. The maximum Gasteiger partial charge on any atom is 0.0195 e. The SMILES string of the molecule is CCN(CCNC(C)CCC(C)C)C(C)CN(C)C. The van der Waals surface area contributed by atoms with E-state index in [0.29, 0.717) is 12.1 Å². The second-order valence-corrected chi connectivity index (χ2v) is 6.57. The van der Waals surface area contributed by atoms with Crippen LogP contribution in [0.5, 0.6) is 0 Å². The van der Waals surface area contributed by atoms with Gasteiger partial charge in [-0.25, -0.2) is 0 Å². The van der Waals surface area contributed by atoms with Crippen LogP contribution in [-0.2, 0) is 0 Å². The lowest BCUT2D eigenvalue weighted by Gasteiger charge is -2.30. The number of nitrogens with zero attached hydrogens (tertiary/aromatic N) is 2. The summed E-state index contributed by atoms with van der Waals surface area (Å²) >= 11 is 0. The Balaban J connectivity index is 3.82. The lowest BCUT2D eigenvalue weighted by molar-refractivity contribution is 0.180. The molecule has 0 aromatic heterocycles. The molecule has 1 N–H and O–H groups in total. The molecule has 116 valence electrons. The Bertz CT molecular complexity index is 204. The molecule has 0 spiro atoms. The smallest absolute Gasteiger partial charge is 0.0195 e. The summed E-state index contributed by atoms with van der Waals surface area (Å²) in [4.78, 5) is 4.83. The molecular weight excluding hydrogens is 234 g/mol. The molecule has 0 bridgehead atoms. The van der Waals surface area contributed by atoms with Crippen LogP contribution in [0.1, 0.15) is 47.5 Å². The van der Waals surface area contributed by atoms with Crippen LogP contribution in [0.15, 0.2) is 0 Å². The second kappa shape index (κ2) is 10.6. The van der Waals surface area contributed by atoms with Crippen molar-refractivity contribution >= 4 is 0 Å².